The highest BCUT2D eigenvalue weighted by Crippen LogP contribution is 2.33. The van der Waals surface area contributed by atoms with Gasteiger partial charge in [-0.15, -0.1) is 11.3 Å². The van der Waals surface area contributed by atoms with E-state index in [0.717, 1.165) is 36.4 Å². The van der Waals surface area contributed by atoms with Crippen molar-refractivity contribution < 1.29 is 19.0 Å². The molecule has 1 aliphatic rings. The zero-order chi connectivity index (χ0) is 24.9. The van der Waals surface area contributed by atoms with Gasteiger partial charge >= 0.3 is 0 Å². The summed E-state index contributed by atoms with van der Waals surface area (Å²) in [5, 5.41) is 6.74. The summed E-state index contributed by atoms with van der Waals surface area (Å²) in [6, 6.07) is 21.1. The minimum atomic E-state index is -0.0142. The molecule has 8 heteroatoms. The van der Waals surface area contributed by atoms with E-state index in [-0.39, 0.29) is 12.0 Å². The van der Waals surface area contributed by atoms with E-state index in [1.165, 1.54) is 11.3 Å². The summed E-state index contributed by atoms with van der Waals surface area (Å²) in [7, 11) is 1.63. The van der Waals surface area contributed by atoms with E-state index in [2.05, 4.69) is 0 Å². The van der Waals surface area contributed by atoms with Crippen molar-refractivity contribution in [1.29, 1.82) is 0 Å². The topological polar surface area (TPSA) is 65.8 Å². The van der Waals surface area contributed by atoms with Crippen molar-refractivity contribution in [3.8, 4) is 23.1 Å². The first-order valence-electron chi connectivity index (χ1n) is 12.0. The van der Waals surface area contributed by atoms with Crippen molar-refractivity contribution in [2.45, 2.75) is 32.4 Å². The highest BCUT2D eigenvalue weighted by Gasteiger charge is 2.28. The molecule has 4 aromatic rings. The lowest BCUT2D eigenvalue weighted by molar-refractivity contribution is 0.0509. The summed E-state index contributed by atoms with van der Waals surface area (Å²) in [5.41, 5.74) is 2.53. The lowest BCUT2D eigenvalue weighted by Crippen LogP contribution is -2.36. The van der Waals surface area contributed by atoms with Crippen LogP contribution in [0.3, 0.4) is 0 Å². The lowest BCUT2D eigenvalue weighted by atomic mass is 10.2. The summed E-state index contributed by atoms with van der Waals surface area (Å²) >= 11 is 1.45. The quantitative estimate of drug-likeness (QED) is 0.286. The van der Waals surface area contributed by atoms with Crippen LogP contribution in [-0.2, 0) is 11.3 Å². The first kappa shape index (κ1) is 24.1. The van der Waals surface area contributed by atoms with Gasteiger partial charge in [-0.3, -0.25) is 4.79 Å². The average molecular weight is 504 g/mol. The fraction of sp³-hybridized carbons (Fsp3) is 0.286. The number of para-hydroxylation sites is 1. The summed E-state index contributed by atoms with van der Waals surface area (Å²) < 4.78 is 19.5. The Kier molecular flexibility index (Phi) is 7.34. The molecule has 0 unspecified atom stereocenters. The first-order chi connectivity index (χ1) is 17.6. The number of aryl methyl sites for hydroxylation is 1. The molecule has 1 atom stereocenters. The normalized spacial score (nSPS) is 15.1. The minimum absolute atomic E-state index is 0.0142. The predicted molar refractivity (Wildman–Crippen MR) is 139 cm³/mol. The number of benzene rings is 2. The van der Waals surface area contributed by atoms with Gasteiger partial charge in [-0.05, 0) is 55.5 Å². The van der Waals surface area contributed by atoms with Crippen molar-refractivity contribution in [1.82, 2.24) is 14.7 Å². The van der Waals surface area contributed by atoms with Gasteiger partial charge in [0.1, 0.15) is 11.5 Å². The van der Waals surface area contributed by atoms with Crippen LogP contribution in [0.15, 0.2) is 72.1 Å². The van der Waals surface area contributed by atoms with Crippen LogP contribution in [0.5, 0.6) is 17.4 Å². The van der Waals surface area contributed by atoms with Crippen LogP contribution in [0.25, 0.3) is 5.69 Å². The standard InChI is InChI=1S/C28H29N3O4S/c1-20-25(19-30(18-24-13-7-15-34-24)27(32)26-14-8-16-36-26)28(31(29-20)21-9-4-3-5-10-21)35-23-12-6-11-22(17-23)33-2/h3-6,8-12,14,16-17,24H,7,13,15,18-19H2,1-2H3/t24-/m1/s1. The van der Waals surface area contributed by atoms with E-state index in [0.29, 0.717) is 35.3 Å². The van der Waals surface area contributed by atoms with Crippen LogP contribution in [0.4, 0.5) is 0 Å². The number of nitrogens with zero attached hydrogens (tertiary/aromatic N) is 3. The van der Waals surface area contributed by atoms with Gasteiger partial charge in [-0.2, -0.15) is 5.10 Å². The van der Waals surface area contributed by atoms with Crippen LogP contribution in [0, 0.1) is 6.92 Å². The largest absolute Gasteiger partial charge is 0.497 e. The molecule has 186 valence electrons. The maximum absolute atomic E-state index is 13.5. The van der Waals surface area contributed by atoms with Crippen LogP contribution >= 0.6 is 11.3 Å². The molecule has 1 aliphatic heterocycles. The first-order valence-corrected chi connectivity index (χ1v) is 12.9. The zero-order valence-electron chi connectivity index (χ0n) is 20.4. The summed E-state index contributed by atoms with van der Waals surface area (Å²) in [4.78, 5) is 16.1. The van der Waals surface area contributed by atoms with Crippen molar-refractivity contribution in [3.05, 3.63) is 88.2 Å². The van der Waals surface area contributed by atoms with E-state index >= 15 is 0 Å². The number of carbonyl (C=O) groups excluding carboxylic acids is 1. The Morgan fingerprint density at radius 3 is 2.69 bits per heavy atom. The molecule has 2 aromatic heterocycles. The molecule has 0 radical (unpaired) electrons. The number of amides is 1. The number of hydrogen-bond donors (Lipinski definition) is 0. The van der Waals surface area contributed by atoms with Gasteiger partial charge in [0.25, 0.3) is 5.91 Å². The van der Waals surface area contributed by atoms with Gasteiger partial charge in [0, 0.05) is 19.2 Å². The molecule has 2 aromatic carbocycles. The fourth-order valence-electron chi connectivity index (χ4n) is 4.35. The van der Waals surface area contributed by atoms with Crippen LogP contribution in [-0.4, -0.2) is 47.0 Å². The molecule has 3 heterocycles. The molecule has 1 fully saturated rings. The number of methoxy groups -OCH3 is 1. The van der Waals surface area contributed by atoms with Crippen molar-refractivity contribution >= 4 is 17.2 Å². The Morgan fingerprint density at radius 1 is 1.14 bits per heavy atom. The molecule has 0 spiro atoms. The molecule has 1 saturated heterocycles. The van der Waals surface area contributed by atoms with E-state index in [4.69, 9.17) is 19.3 Å². The Balaban J connectivity index is 1.54. The van der Waals surface area contributed by atoms with E-state index in [1.54, 1.807) is 11.8 Å². The molecular weight excluding hydrogens is 474 g/mol. The third-order valence-corrected chi connectivity index (χ3v) is 7.07. The molecule has 1 amide bonds. The molecule has 0 aliphatic carbocycles. The van der Waals surface area contributed by atoms with Gasteiger partial charge < -0.3 is 19.1 Å². The fourth-order valence-corrected chi connectivity index (χ4v) is 5.04. The van der Waals surface area contributed by atoms with Gasteiger partial charge in [0.2, 0.25) is 5.88 Å². The lowest BCUT2D eigenvalue weighted by Gasteiger charge is -2.25. The van der Waals surface area contributed by atoms with E-state index in [9.17, 15) is 4.79 Å². The molecule has 36 heavy (non-hydrogen) atoms. The summed E-state index contributed by atoms with van der Waals surface area (Å²) in [6.45, 7) is 3.56. The maximum atomic E-state index is 13.5. The number of rotatable bonds is 9. The number of ether oxygens (including phenoxy) is 3. The SMILES string of the molecule is COc1cccc(Oc2c(CN(C[C@H]3CCCO3)C(=O)c3cccs3)c(C)nn2-c2ccccc2)c1. The summed E-state index contributed by atoms with van der Waals surface area (Å²) in [5.74, 6) is 1.88. The van der Waals surface area contributed by atoms with Crippen molar-refractivity contribution in [2.24, 2.45) is 0 Å². The molecule has 7 nitrogen and oxygen atoms in total. The minimum Gasteiger partial charge on any atom is -0.497 e. The Bertz CT molecular complexity index is 1300. The number of thiophene rings is 1. The Hall–Kier alpha value is -3.62. The van der Waals surface area contributed by atoms with Crippen molar-refractivity contribution in [3.63, 3.8) is 0 Å². The van der Waals surface area contributed by atoms with E-state index in [1.807, 2.05) is 83.9 Å². The van der Waals surface area contributed by atoms with Gasteiger partial charge in [0.05, 0.1) is 41.6 Å². The molecule has 0 bridgehead atoms. The molecule has 0 N–H and O–H groups in total. The molecule has 5 rings (SSSR count). The smallest absolute Gasteiger partial charge is 0.264 e. The Morgan fingerprint density at radius 2 is 1.97 bits per heavy atom. The number of carbonyl (C=O) groups is 1. The van der Waals surface area contributed by atoms with E-state index < -0.39 is 0 Å². The third kappa shape index (κ3) is 5.29. The zero-order valence-corrected chi connectivity index (χ0v) is 21.2. The van der Waals surface area contributed by atoms with Crippen LogP contribution in [0.2, 0.25) is 0 Å². The molecular formula is C28H29N3O4S. The number of hydrogen-bond acceptors (Lipinski definition) is 6. The maximum Gasteiger partial charge on any atom is 0.264 e. The third-order valence-electron chi connectivity index (χ3n) is 6.21. The average Bonchev–Trinajstić information content (AvgIpc) is 3.68. The van der Waals surface area contributed by atoms with Gasteiger partial charge in [-0.25, -0.2) is 4.68 Å². The highest BCUT2D eigenvalue weighted by atomic mass is 32.1. The van der Waals surface area contributed by atoms with Crippen LogP contribution < -0.4 is 9.47 Å². The second-order valence-corrected chi connectivity index (χ2v) is 9.64. The molecule has 0 saturated carbocycles. The second-order valence-electron chi connectivity index (χ2n) is 8.70. The monoisotopic (exact) mass is 503 g/mol. The highest BCUT2D eigenvalue weighted by molar-refractivity contribution is 7.12. The predicted octanol–water partition coefficient (Wildman–Crippen LogP) is 5.86. The van der Waals surface area contributed by atoms with Crippen molar-refractivity contribution in [2.75, 3.05) is 20.3 Å². The Labute approximate surface area is 214 Å². The second kappa shape index (κ2) is 11.0. The van der Waals surface area contributed by atoms with Crippen LogP contribution in [0.1, 0.15) is 33.8 Å². The van der Waals surface area contributed by atoms with Gasteiger partial charge in [-0.1, -0.05) is 30.3 Å². The summed E-state index contributed by atoms with van der Waals surface area (Å²) in [6.07, 6.45) is 1.99. The van der Waals surface area contributed by atoms with Gasteiger partial charge in [0.15, 0.2) is 0 Å². The number of aromatic nitrogens is 2.